The monoisotopic (exact) mass is 247 g/mol. The van der Waals surface area contributed by atoms with Gasteiger partial charge in [0.05, 0.1) is 6.10 Å². The van der Waals surface area contributed by atoms with Crippen molar-refractivity contribution in [2.75, 3.05) is 13.1 Å². The van der Waals surface area contributed by atoms with E-state index < -0.39 is 6.10 Å². The number of amides is 1. The van der Waals surface area contributed by atoms with Crippen LogP contribution in [0.25, 0.3) is 0 Å². The maximum absolute atomic E-state index is 11.9. The van der Waals surface area contributed by atoms with E-state index in [1.165, 1.54) is 0 Å². The van der Waals surface area contributed by atoms with Crippen LogP contribution in [0.1, 0.15) is 31.9 Å². The molecular formula is C15H21NO2. The summed E-state index contributed by atoms with van der Waals surface area (Å²) in [7, 11) is 0. The van der Waals surface area contributed by atoms with E-state index >= 15 is 0 Å². The molecule has 1 saturated heterocycles. The van der Waals surface area contributed by atoms with Crippen LogP contribution in [0, 0.1) is 11.8 Å². The van der Waals surface area contributed by atoms with E-state index in [1.54, 1.807) is 0 Å². The van der Waals surface area contributed by atoms with E-state index in [0.717, 1.165) is 12.1 Å². The van der Waals surface area contributed by atoms with Crippen LogP contribution < -0.4 is 0 Å². The molecule has 0 saturated carbocycles. The molecule has 1 aliphatic rings. The average molecular weight is 247 g/mol. The number of carbonyl (C=O) groups is 1. The maximum atomic E-state index is 11.9. The normalized spacial score (nSPS) is 21.7. The van der Waals surface area contributed by atoms with Gasteiger partial charge in [-0.05, 0) is 11.5 Å². The van der Waals surface area contributed by atoms with Crippen molar-refractivity contribution >= 4 is 5.91 Å². The zero-order valence-electron chi connectivity index (χ0n) is 11.0. The van der Waals surface area contributed by atoms with Gasteiger partial charge >= 0.3 is 0 Å². The summed E-state index contributed by atoms with van der Waals surface area (Å²) >= 11 is 0. The van der Waals surface area contributed by atoms with Crippen LogP contribution in [0.4, 0.5) is 0 Å². The summed E-state index contributed by atoms with van der Waals surface area (Å²) in [6.07, 6.45) is -0.0738. The number of aliphatic hydroxyl groups is 1. The lowest BCUT2D eigenvalue weighted by molar-refractivity contribution is -0.128. The van der Waals surface area contributed by atoms with Gasteiger partial charge in [0.1, 0.15) is 0 Å². The molecule has 1 aromatic rings. The molecule has 2 rings (SSSR count). The Morgan fingerprint density at radius 3 is 2.61 bits per heavy atom. The number of benzene rings is 1. The predicted molar refractivity (Wildman–Crippen MR) is 70.9 cm³/mol. The first-order chi connectivity index (χ1) is 8.58. The van der Waals surface area contributed by atoms with Gasteiger partial charge in [-0.15, -0.1) is 0 Å². The van der Waals surface area contributed by atoms with E-state index in [9.17, 15) is 9.90 Å². The van der Waals surface area contributed by atoms with Crippen molar-refractivity contribution < 1.29 is 9.90 Å². The lowest BCUT2D eigenvalue weighted by atomic mass is 9.95. The Morgan fingerprint density at radius 1 is 1.33 bits per heavy atom. The fourth-order valence-electron chi connectivity index (χ4n) is 2.55. The fraction of sp³-hybridized carbons (Fsp3) is 0.533. The number of aliphatic hydroxyl groups excluding tert-OH is 1. The minimum Gasteiger partial charge on any atom is -0.388 e. The minimum absolute atomic E-state index is 0.0265. The Balaban J connectivity index is 2.02. The van der Waals surface area contributed by atoms with E-state index in [0.29, 0.717) is 18.9 Å². The third kappa shape index (κ3) is 2.91. The van der Waals surface area contributed by atoms with Crippen LogP contribution in [0.15, 0.2) is 30.3 Å². The van der Waals surface area contributed by atoms with Gasteiger partial charge in [-0.2, -0.15) is 0 Å². The summed E-state index contributed by atoms with van der Waals surface area (Å²) in [5.74, 6) is 0.670. The number of rotatable bonds is 4. The lowest BCUT2D eigenvalue weighted by Crippen LogP contribution is -2.29. The SMILES string of the molecule is CC(C)CN1CC(C(O)c2ccccc2)CC1=O. The van der Waals surface area contributed by atoms with Gasteiger partial charge in [0, 0.05) is 25.4 Å². The predicted octanol–water partition coefficient (Wildman–Crippen LogP) is 2.22. The van der Waals surface area contributed by atoms with Crippen LogP contribution in [0.5, 0.6) is 0 Å². The number of nitrogens with zero attached hydrogens (tertiary/aromatic N) is 1. The second-order valence-electron chi connectivity index (χ2n) is 5.51. The van der Waals surface area contributed by atoms with E-state index in [4.69, 9.17) is 0 Å². The molecule has 2 unspecified atom stereocenters. The minimum atomic E-state index is -0.535. The first-order valence-electron chi connectivity index (χ1n) is 6.58. The van der Waals surface area contributed by atoms with Gasteiger partial charge in [-0.1, -0.05) is 44.2 Å². The van der Waals surface area contributed by atoms with Crippen molar-refractivity contribution in [2.24, 2.45) is 11.8 Å². The molecule has 0 radical (unpaired) electrons. The highest BCUT2D eigenvalue weighted by molar-refractivity contribution is 5.78. The third-order valence-electron chi connectivity index (χ3n) is 3.42. The van der Waals surface area contributed by atoms with E-state index in [1.807, 2.05) is 35.2 Å². The van der Waals surface area contributed by atoms with E-state index in [2.05, 4.69) is 13.8 Å². The van der Waals surface area contributed by atoms with Crippen molar-refractivity contribution in [3.8, 4) is 0 Å². The van der Waals surface area contributed by atoms with Gasteiger partial charge in [-0.3, -0.25) is 4.79 Å². The Hall–Kier alpha value is -1.35. The molecule has 0 bridgehead atoms. The van der Waals surface area contributed by atoms with Crippen LogP contribution in [0.3, 0.4) is 0 Å². The third-order valence-corrected chi connectivity index (χ3v) is 3.42. The summed E-state index contributed by atoms with van der Waals surface area (Å²) in [5.41, 5.74) is 0.904. The van der Waals surface area contributed by atoms with Crippen molar-refractivity contribution in [1.82, 2.24) is 4.90 Å². The first-order valence-corrected chi connectivity index (χ1v) is 6.58. The zero-order chi connectivity index (χ0) is 13.1. The second-order valence-corrected chi connectivity index (χ2v) is 5.51. The Bertz CT molecular complexity index is 402. The highest BCUT2D eigenvalue weighted by atomic mass is 16.3. The number of hydrogen-bond donors (Lipinski definition) is 1. The van der Waals surface area contributed by atoms with Gasteiger partial charge < -0.3 is 10.0 Å². The van der Waals surface area contributed by atoms with Crippen molar-refractivity contribution in [3.63, 3.8) is 0 Å². The van der Waals surface area contributed by atoms with Gasteiger partial charge in [0.15, 0.2) is 0 Å². The largest absolute Gasteiger partial charge is 0.388 e. The molecule has 1 aromatic carbocycles. The highest BCUT2D eigenvalue weighted by Gasteiger charge is 2.34. The smallest absolute Gasteiger partial charge is 0.223 e. The molecule has 0 spiro atoms. The molecule has 3 nitrogen and oxygen atoms in total. The Kier molecular flexibility index (Phi) is 4.02. The molecule has 1 N–H and O–H groups in total. The highest BCUT2D eigenvalue weighted by Crippen LogP contribution is 2.30. The summed E-state index contributed by atoms with van der Waals surface area (Å²) < 4.78 is 0. The number of likely N-dealkylation sites (tertiary alicyclic amines) is 1. The van der Waals surface area contributed by atoms with Crippen molar-refractivity contribution in [2.45, 2.75) is 26.4 Å². The number of hydrogen-bond acceptors (Lipinski definition) is 2. The summed E-state index contributed by atoms with van der Waals surface area (Å²) in [5, 5.41) is 10.3. The van der Waals surface area contributed by atoms with Gasteiger partial charge in [0.2, 0.25) is 5.91 Å². The molecular weight excluding hydrogens is 226 g/mol. The Labute approximate surface area is 108 Å². The number of carbonyl (C=O) groups excluding carboxylic acids is 1. The molecule has 1 amide bonds. The first kappa shape index (κ1) is 13.1. The summed E-state index contributed by atoms with van der Waals surface area (Å²) in [4.78, 5) is 13.7. The summed E-state index contributed by atoms with van der Waals surface area (Å²) in [6.45, 7) is 5.67. The van der Waals surface area contributed by atoms with E-state index in [-0.39, 0.29) is 11.8 Å². The zero-order valence-corrected chi connectivity index (χ0v) is 11.0. The molecule has 3 heteroatoms. The Morgan fingerprint density at radius 2 is 2.00 bits per heavy atom. The quantitative estimate of drug-likeness (QED) is 0.886. The summed E-state index contributed by atoms with van der Waals surface area (Å²) in [6, 6.07) is 9.60. The van der Waals surface area contributed by atoms with Crippen molar-refractivity contribution in [3.05, 3.63) is 35.9 Å². The standard InChI is InChI=1S/C15H21NO2/c1-11(2)9-16-10-13(8-14(16)17)15(18)12-6-4-3-5-7-12/h3-7,11,13,15,18H,8-10H2,1-2H3. The van der Waals surface area contributed by atoms with Crippen molar-refractivity contribution in [1.29, 1.82) is 0 Å². The molecule has 1 heterocycles. The molecule has 2 atom stereocenters. The molecule has 0 aromatic heterocycles. The van der Waals surface area contributed by atoms with Crippen LogP contribution in [-0.4, -0.2) is 29.0 Å². The second kappa shape index (κ2) is 5.53. The molecule has 18 heavy (non-hydrogen) atoms. The molecule has 0 aliphatic carbocycles. The van der Waals surface area contributed by atoms with Gasteiger partial charge in [-0.25, -0.2) is 0 Å². The fourth-order valence-corrected chi connectivity index (χ4v) is 2.55. The maximum Gasteiger partial charge on any atom is 0.223 e. The molecule has 98 valence electrons. The van der Waals surface area contributed by atoms with Crippen LogP contribution >= 0.6 is 0 Å². The topological polar surface area (TPSA) is 40.5 Å². The molecule has 1 fully saturated rings. The van der Waals surface area contributed by atoms with Gasteiger partial charge in [0.25, 0.3) is 0 Å². The van der Waals surface area contributed by atoms with Crippen LogP contribution in [0.2, 0.25) is 0 Å². The lowest BCUT2D eigenvalue weighted by Gasteiger charge is -2.21. The average Bonchev–Trinajstić information content (AvgIpc) is 2.70. The molecule has 1 aliphatic heterocycles. The van der Waals surface area contributed by atoms with Crippen LogP contribution in [-0.2, 0) is 4.79 Å².